The van der Waals surface area contributed by atoms with Gasteiger partial charge in [0, 0.05) is 18.7 Å². The molecule has 6 heteroatoms. The van der Waals surface area contributed by atoms with Gasteiger partial charge in [0.05, 0.1) is 18.2 Å². The number of rotatable bonds is 4. The smallest absolute Gasteiger partial charge is 0.248 e. The second-order valence-electron chi connectivity index (χ2n) is 5.33. The van der Waals surface area contributed by atoms with E-state index in [4.69, 9.17) is 9.15 Å². The maximum Gasteiger partial charge on any atom is 0.248 e. The molecule has 2 heterocycles. The highest BCUT2D eigenvalue weighted by Crippen LogP contribution is 2.33. The molecular formula is C18H15NO5. The summed E-state index contributed by atoms with van der Waals surface area (Å²) >= 11 is 0. The van der Waals surface area contributed by atoms with E-state index in [2.05, 4.69) is 4.98 Å². The van der Waals surface area contributed by atoms with Crippen molar-refractivity contribution in [2.45, 2.75) is 20.3 Å². The molecule has 0 atom stereocenters. The molecule has 0 spiro atoms. The summed E-state index contributed by atoms with van der Waals surface area (Å²) in [7, 11) is 1.50. The van der Waals surface area contributed by atoms with Crippen molar-refractivity contribution in [1.82, 2.24) is 4.98 Å². The van der Waals surface area contributed by atoms with Gasteiger partial charge in [-0.15, -0.1) is 0 Å². The van der Waals surface area contributed by atoms with Gasteiger partial charge in [0.1, 0.15) is 11.5 Å². The van der Waals surface area contributed by atoms with Crippen molar-refractivity contribution < 1.29 is 23.5 Å². The zero-order valence-electron chi connectivity index (χ0n) is 13.5. The highest BCUT2D eigenvalue weighted by Gasteiger charge is 2.37. The van der Waals surface area contributed by atoms with Crippen molar-refractivity contribution in [2.24, 2.45) is 0 Å². The first-order chi connectivity index (χ1) is 11.5. The van der Waals surface area contributed by atoms with Crippen LogP contribution >= 0.6 is 0 Å². The molecule has 0 saturated heterocycles. The number of carbonyl (C=O) groups excluding carboxylic acids is 3. The summed E-state index contributed by atoms with van der Waals surface area (Å²) in [6.45, 7) is 3.25. The molecule has 6 nitrogen and oxygen atoms in total. The number of carbonyl (C=O) groups is 3. The molecule has 0 radical (unpaired) electrons. The number of hydrogen-bond acceptors (Lipinski definition) is 6. The minimum Gasteiger partial charge on any atom is -0.496 e. The molecular weight excluding hydrogens is 310 g/mol. The molecule has 0 fully saturated rings. The van der Waals surface area contributed by atoms with Crippen molar-refractivity contribution in [3.63, 3.8) is 0 Å². The van der Waals surface area contributed by atoms with Crippen molar-refractivity contribution in [2.75, 3.05) is 7.11 Å². The lowest BCUT2D eigenvalue weighted by atomic mass is 9.88. The Kier molecular flexibility index (Phi) is 3.89. The van der Waals surface area contributed by atoms with Gasteiger partial charge in [0.25, 0.3) is 0 Å². The molecule has 0 N–H and O–H groups in total. The van der Waals surface area contributed by atoms with Crippen LogP contribution in [0.5, 0.6) is 0 Å². The van der Waals surface area contributed by atoms with Crippen LogP contribution in [0.3, 0.4) is 0 Å². The largest absolute Gasteiger partial charge is 0.496 e. The van der Waals surface area contributed by atoms with Crippen molar-refractivity contribution in [1.29, 1.82) is 0 Å². The Morgan fingerprint density at radius 2 is 2.08 bits per heavy atom. The average Bonchev–Trinajstić information content (AvgIpc) is 3.03. The van der Waals surface area contributed by atoms with Gasteiger partial charge in [0.15, 0.2) is 23.1 Å². The molecule has 24 heavy (non-hydrogen) atoms. The van der Waals surface area contributed by atoms with Gasteiger partial charge in [-0.2, -0.15) is 0 Å². The quantitative estimate of drug-likeness (QED) is 0.541. The number of ketones is 3. The van der Waals surface area contributed by atoms with Crippen molar-refractivity contribution in [3.8, 4) is 0 Å². The molecule has 0 saturated carbocycles. The Labute approximate surface area is 138 Å². The number of allylic oxidation sites excluding steroid dienone is 1. The summed E-state index contributed by atoms with van der Waals surface area (Å²) in [6.07, 6.45) is 3.97. The van der Waals surface area contributed by atoms with Gasteiger partial charge >= 0.3 is 0 Å². The number of furan rings is 1. The third kappa shape index (κ3) is 2.27. The Morgan fingerprint density at radius 1 is 1.33 bits per heavy atom. The van der Waals surface area contributed by atoms with Gasteiger partial charge in [-0.05, 0) is 24.6 Å². The first kappa shape index (κ1) is 15.9. The average molecular weight is 325 g/mol. The lowest BCUT2D eigenvalue weighted by Gasteiger charge is -2.17. The van der Waals surface area contributed by atoms with Crippen LogP contribution in [-0.2, 0) is 4.74 Å². The van der Waals surface area contributed by atoms with E-state index in [1.54, 1.807) is 6.07 Å². The fourth-order valence-electron chi connectivity index (χ4n) is 2.70. The zero-order valence-corrected chi connectivity index (χ0v) is 13.5. The Bertz CT molecular complexity index is 904. The van der Waals surface area contributed by atoms with Crippen LogP contribution in [0.2, 0.25) is 0 Å². The molecule has 0 amide bonds. The van der Waals surface area contributed by atoms with Gasteiger partial charge < -0.3 is 9.15 Å². The summed E-state index contributed by atoms with van der Waals surface area (Å²) in [5.41, 5.74) is 0.763. The second kappa shape index (κ2) is 5.88. The maximum absolute atomic E-state index is 12.9. The number of fused-ring (bicyclic) bond motifs is 2. The number of hydrogen-bond donors (Lipinski definition) is 0. The molecule has 1 aliphatic carbocycles. The van der Waals surface area contributed by atoms with E-state index < -0.39 is 11.6 Å². The second-order valence-corrected chi connectivity index (χ2v) is 5.33. The van der Waals surface area contributed by atoms with Crippen LogP contribution in [0, 0.1) is 0 Å². The van der Waals surface area contributed by atoms with Crippen LogP contribution < -0.4 is 0 Å². The molecule has 3 rings (SSSR count). The number of methoxy groups -OCH3 is 1. The molecule has 0 aromatic carbocycles. The summed E-state index contributed by atoms with van der Waals surface area (Å²) < 4.78 is 10.6. The lowest BCUT2D eigenvalue weighted by molar-refractivity contribution is 0.0943. The summed E-state index contributed by atoms with van der Waals surface area (Å²) in [5.74, 6) is -0.937. The van der Waals surface area contributed by atoms with E-state index in [9.17, 15) is 14.4 Å². The number of pyridine rings is 1. The number of aromatic nitrogens is 1. The Balaban J connectivity index is 2.25. The Morgan fingerprint density at radius 3 is 2.71 bits per heavy atom. The van der Waals surface area contributed by atoms with E-state index in [0.717, 1.165) is 0 Å². The van der Waals surface area contributed by atoms with Crippen LogP contribution in [0.1, 0.15) is 68.6 Å². The topological polar surface area (TPSA) is 86.5 Å². The van der Waals surface area contributed by atoms with Crippen molar-refractivity contribution >= 4 is 23.1 Å². The summed E-state index contributed by atoms with van der Waals surface area (Å²) in [6, 6.07) is 2.94. The van der Waals surface area contributed by atoms with Crippen LogP contribution in [0.4, 0.5) is 0 Å². The third-order valence-electron chi connectivity index (χ3n) is 3.80. The van der Waals surface area contributed by atoms with Gasteiger partial charge in [-0.1, -0.05) is 6.92 Å². The molecule has 122 valence electrons. The van der Waals surface area contributed by atoms with E-state index in [1.807, 2.05) is 13.0 Å². The molecule has 2 aromatic heterocycles. The van der Waals surface area contributed by atoms with Crippen LogP contribution in [-0.4, -0.2) is 29.4 Å². The van der Waals surface area contributed by atoms with Gasteiger partial charge in [-0.25, -0.2) is 0 Å². The minimum atomic E-state index is -0.513. The minimum absolute atomic E-state index is 0.00788. The lowest BCUT2D eigenvalue weighted by Crippen LogP contribution is -2.22. The predicted octanol–water partition coefficient (Wildman–Crippen LogP) is 3.05. The highest BCUT2D eigenvalue weighted by molar-refractivity contribution is 6.28. The van der Waals surface area contributed by atoms with Gasteiger partial charge in [-0.3, -0.25) is 19.4 Å². The monoisotopic (exact) mass is 325 g/mol. The van der Waals surface area contributed by atoms with Crippen molar-refractivity contribution in [3.05, 3.63) is 58.3 Å². The predicted molar refractivity (Wildman–Crippen MR) is 85.1 cm³/mol. The fourth-order valence-corrected chi connectivity index (χ4v) is 2.70. The van der Waals surface area contributed by atoms with E-state index in [0.29, 0.717) is 17.7 Å². The number of nitrogens with zero attached hydrogens (tertiary/aromatic N) is 1. The standard InChI is InChI=1S/C18H15NO5/c1-4-5-12(23-3)10-6-7-19-15-14(10)16(21)11-8-13(9(2)20)24-18(11)17(15)22/h5-8H,4H2,1-3H3/b12-5-. The molecule has 0 unspecified atom stereocenters. The number of Topliss-reactive ketones (excluding diaryl/α,β-unsaturated/α-hetero) is 1. The summed E-state index contributed by atoms with van der Waals surface area (Å²) in [5, 5.41) is 0. The Hall–Kier alpha value is -3.02. The molecule has 0 bridgehead atoms. The SMILES string of the molecule is CC/C=C(\OC)c1ccnc2c1C(=O)c1cc(C(C)=O)oc1C2=O. The molecule has 0 aliphatic heterocycles. The molecule has 2 aromatic rings. The van der Waals surface area contributed by atoms with Crippen LogP contribution in [0.25, 0.3) is 5.76 Å². The summed E-state index contributed by atoms with van der Waals surface area (Å²) in [4.78, 5) is 41.1. The fraction of sp³-hybridized carbons (Fsp3) is 0.222. The first-order valence-corrected chi connectivity index (χ1v) is 7.47. The van der Waals surface area contributed by atoms with E-state index >= 15 is 0 Å². The van der Waals surface area contributed by atoms with Gasteiger partial charge in [0.2, 0.25) is 5.78 Å². The number of ether oxygens (including phenoxy) is 1. The molecule has 1 aliphatic rings. The van der Waals surface area contributed by atoms with Crippen LogP contribution in [0.15, 0.2) is 28.8 Å². The zero-order chi connectivity index (χ0) is 17.4. The van der Waals surface area contributed by atoms with E-state index in [-0.39, 0.29) is 34.1 Å². The first-order valence-electron chi connectivity index (χ1n) is 7.47. The maximum atomic E-state index is 12.9. The van der Waals surface area contributed by atoms with E-state index in [1.165, 1.54) is 26.3 Å². The normalized spacial score (nSPS) is 13.5. The third-order valence-corrected chi connectivity index (χ3v) is 3.80. The highest BCUT2D eigenvalue weighted by atomic mass is 16.5.